The van der Waals surface area contributed by atoms with E-state index in [1.54, 1.807) is 30.5 Å². The lowest BCUT2D eigenvalue weighted by Gasteiger charge is -2.13. The number of carbonyl (C=O) groups excluding carboxylic acids is 3. The Bertz CT molecular complexity index is 835. The van der Waals surface area contributed by atoms with Crippen molar-refractivity contribution in [3.8, 4) is 0 Å². The van der Waals surface area contributed by atoms with Crippen molar-refractivity contribution in [2.24, 2.45) is 0 Å². The summed E-state index contributed by atoms with van der Waals surface area (Å²) in [5, 5.41) is 8.19. The highest BCUT2D eigenvalue weighted by molar-refractivity contribution is 6.12. The Labute approximate surface area is 150 Å². The molecule has 1 fully saturated rings. The van der Waals surface area contributed by atoms with Gasteiger partial charge in [-0.1, -0.05) is 6.07 Å². The summed E-state index contributed by atoms with van der Waals surface area (Å²) in [6.45, 7) is 2.95. The quantitative estimate of drug-likeness (QED) is 0.536. The summed E-state index contributed by atoms with van der Waals surface area (Å²) >= 11 is 0. The van der Waals surface area contributed by atoms with Crippen molar-refractivity contribution in [2.75, 3.05) is 29.9 Å². The first-order valence-electron chi connectivity index (χ1n) is 8.19. The first kappa shape index (κ1) is 17.4. The fraction of sp³-hybridized carbons (Fsp3) is 0.222. The molecule has 0 aliphatic carbocycles. The number of rotatable bonds is 6. The molecule has 0 radical (unpaired) electrons. The fourth-order valence-corrected chi connectivity index (χ4v) is 2.57. The second-order valence-corrected chi connectivity index (χ2v) is 5.84. The number of amides is 4. The number of carbonyl (C=O) groups is 3. The third-order valence-corrected chi connectivity index (χ3v) is 3.95. The van der Waals surface area contributed by atoms with Crippen LogP contribution in [0.3, 0.4) is 0 Å². The Morgan fingerprint density at radius 3 is 2.62 bits per heavy atom. The predicted octanol–water partition coefficient (Wildman–Crippen LogP) is 1.29. The van der Waals surface area contributed by atoms with Gasteiger partial charge in [-0.2, -0.15) is 0 Å². The number of imide groups is 1. The molecule has 3 N–H and O–H groups in total. The van der Waals surface area contributed by atoms with Crippen LogP contribution < -0.4 is 20.9 Å². The Kier molecular flexibility index (Phi) is 5.12. The summed E-state index contributed by atoms with van der Waals surface area (Å²) in [7, 11) is 0. The number of pyridine rings is 1. The fourth-order valence-electron chi connectivity index (χ4n) is 2.57. The van der Waals surface area contributed by atoms with E-state index in [2.05, 4.69) is 20.9 Å². The van der Waals surface area contributed by atoms with Crippen LogP contribution in [0.4, 0.5) is 16.3 Å². The van der Waals surface area contributed by atoms with Crippen molar-refractivity contribution in [2.45, 2.75) is 6.92 Å². The summed E-state index contributed by atoms with van der Waals surface area (Å²) in [6.07, 6.45) is 1.71. The van der Waals surface area contributed by atoms with Crippen LogP contribution in [0, 0.1) is 6.92 Å². The minimum Gasteiger partial charge on any atom is -0.368 e. The molecule has 8 nitrogen and oxygen atoms in total. The Morgan fingerprint density at radius 1 is 1.19 bits per heavy atom. The normalized spacial score (nSPS) is 13.5. The molecule has 4 amide bonds. The monoisotopic (exact) mass is 353 g/mol. The SMILES string of the molecule is Cc1cccnc1NCCNC(=O)c1ccc(N2CC(=O)NC2=O)cc1. The van der Waals surface area contributed by atoms with Gasteiger partial charge in [-0.15, -0.1) is 0 Å². The molecular weight excluding hydrogens is 334 g/mol. The molecule has 3 rings (SSSR count). The average molecular weight is 353 g/mol. The van der Waals surface area contributed by atoms with E-state index in [9.17, 15) is 14.4 Å². The van der Waals surface area contributed by atoms with Gasteiger partial charge in [-0.25, -0.2) is 9.78 Å². The molecule has 0 saturated carbocycles. The average Bonchev–Trinajstić information content (AvgIpc) is 2.98. The first-order valence-corrected chi connectivity index (χ1v) is 8.19. The summed E-state index contributed by atoms with van der Waals surface area (Å²) in [5.41, 5.74) is 2.09. The first-order chi connectivity index (χ1) is 12.5. The van der Waals surface area contributed by atoms with Crippen LogP contribution in [-0.4, -0.2) is 42.5 Å². The third kappa shape index (κ3) is 3.97. The van der Waals surface area contributed by atoms with Crippen LogP contribution in [0.15, 0.2) is 42.6 Å². The molecule has 8 heteroatoms. The number of anilines is 2. The maximum Gasteiger partial charge on any atom is 0.329 e. The molecule has 1 aliphatic heterocycles. The van der Waals surface area contributed by atoms with Gasteiger partial charge in [0.05, 0.1) is 0 Å². The smallest absolute Gasteiger partial charge is 0.329 e. The van der Waals surface area contributed by atoms with Gasteiger partial charge in [0.15, 0.2) is 0 Å². The molecule has 1 aromatic carbocycles. The number of benzene rings is 1. The van der Waals surface area contributed by atoms with E-state index in [1.165, 1.54) is 4.90 Å². The van der Waals surface area contributed by atoms with Crippen LogP contribution >= 0.6 is 0 Å². The van der Waals surface area contributed by atoms with E-state index in [0.29, 0.717) is 24.3 Å². The molecule has 26 heavy (non-hydrogen) atoms. The second kappa shape index (κ2) is 7.64. The molecule has 2 aromatic rings. The number of aryl methyl sites for hydroxylation is 1. The van der Waals surface area contributed by atoms with Gasteiger partial charge < -0.3 is 10.6 Å². The summed E-state index contributed by atoms with van der Waals surface area (Å²) in [6, 6.07) is 9.90. The Morgan fingerprint density at radius 2 is 1.96 bits per heavy atom. The predicted molar refractivity (Wildman–Crippen MR) is 97.1 cm³/mol. The Hall–Kier alpha value is -3.42. The van der Waals surface area contributed by atoms with Crippen LogP contribution in [0.1, 0.15) is 15.9 Å². The lowest BCUT2D eigenvalue weighted by Crippen LogP contribution is -2.29. The largest absolute Gasteiger partial charge is 0.368 e. The molecule has 1 aromatic heterocycles. The maximum absolute atomic E-state index is 12.2. The van der Waals surface area contributed by atoms with Crippen LogP contribution in [-0.2, 0) is 4.79 Å². The summed E-state index contributed by atoms with van der Waals surface area (Å²) in [5.74, 6) is 0.245. The molecule has 0 atom stereocenters. The molecule has 1 aliphatic rings. The molecule has 1 saturated heterocycles. The van der Waals surface area contributed by atoms with Crippen molar-refractivity contribution in [3.05, 3.63) is 53.7 Å². The number of nitrogens with zero attached hydrogens (tertiary/aromatic N) is 2. The van der Waals surface area contributed by atoms with Crippen molar-refractivity contribution in [1.82, 2.24) is 15.6 Å². The highest BCUT2D eigenvalue weighted by Crippen LogP contribution is 2.17. The van der Waals surface area contributed by atoms with E-state index < -0.39 is 6.03 Å². The lowest BCUT2D eigenvalue weighted by molar-refractivity contribution is -0.117. The standard InChI is InChI=1S/C18H19N5O3/c1-12-3-2-8-19-16(12)20-9-10-21-17(25)13-4-6-14(7-5-13)23-11-15(24)22-18(23)26/h2-8H,9-11H2,1H3,(H,19,20)(H,21,25)(H,22,24,26). The third-order valence-electron chi connectivity index (χ3n) is 3.95. The second-order valence-electron chi connectivity index (χ2n) is 5.84. The van der Waals surface area contributed by atoms with Crippen molar-refractivity contribution in [1.29, 1.82) is 0 Å². The van der Waals surface area contributed by atoms with Gasteiger partial charge in [-0.05, 0) is 42.8 Å². The molecule has 2 heterocycles. The maximum atomic E-state index is 12.2. The minimum atomic E-state index is -0.455. The number of hydrogen-bond acceptors (Lipinski definition) is 5. The number of aromatic nitrogens is 1. The highest BCUT2D eigenvalue weighted by atomic mass is 16.2. The van der Waals surface area contributed by atoms with Crippen LogP contribution in [0.25, 0.3) is 0 Å². The topological polar surface area (TPSA) is 103 Å². The zero-order valence-electron chi connectivity index (χ0n) is 14.3. The number of nitrogens with one attached hydrogen (secondary N) is 3. The van der Waals surface area contributed by atoms with Crippen molar-refractivity contribution in [3.63, 3.8) is 0 Å². The molecule has 134 valence electrons. The van der Waals surface area contributed by atoms with E-state index in [0.717, 1.165) is 11.4 Å². The summed E-state index contributed by atoms with van der Waals surface area (Å²) in [4.78, 5) is 40.6. The lowest BCUT2D eigenvalue weighted by atomic mass is 10.2. The van der Waals surface area contributed by atoms with Gasteiger partial charge in [0.25, 0.3) is 5.91 Å². The molecular formula is C18H19N5O3. The minimum absolute atomic E-state index is 0.0109. The molecule has 0 unspecified atom stereocenters. The van der Waals surface area contributed by atoms with E-state index in [4.69, 9.17) is 0 Å². The number of urea groups is 1. The van der Waals surface area contributed by atoms with Gasteiger partial charge in [0.2, 0.25) is 5.91 Å². The van der Waals surface area contributed by atoms with Gasteiger partial charge >= 0.3 is 6.03 Å². The number of hydrogen-bond donors (Lipinski definition) is 3. The van der Waals surface area contributed by atoms with Gasteiger partial charge in [0, 0.05) is 30.5 Å². The molecule has 0 spiro atoms. The van der Waals surface area contributed by atoms with E-state index in [1.807, 2.05) is 19.1 Å². The van der Waals surface area contributed by atoms with Gasteiger partial charge in [0.1, 0.15) is 12.4 Å². The molecule has 0 bridgehead atoms. The zero-order valence-corrected chi connectivity index (χ0v) is 14.3. The summed E-state index contributed by atoms with van der Waals surface area (Å²) < 4.78 is 0. The van der Waals surface area contributed by atoms with Crippen molar-refractivity contribution < 1.29 is 14.4 Å². The van der Waals surface area contributed by atoms with Gasteiger partial charge in [-0.3, -0.25) is 19.8 Å². The Balaban J connectivity index is 1.50. The van der Waals surface area contributed by atoms with Crippen LogP contribution in [0.5, 0.6) is 0 Å². The van der Waals surface area contributed by atoms with Crippen molar-refractivity contribution >= 4 is 29.4 Å². The van der Waals surface area contributed by atoms with E-state index >= 15 is 0 Å². The highest BCUT2D eigenvalue weighted by Gasteiger charge is 2.27. The van der Waals surface area contributed by atoms with E-state index in [-0.39, 0.29) is 18.4 Å². The van der Waals surface area contributed by atoms with Crippen LogP contribution in [0.2, 0.25) is 0 Å². The zero-order chi connectivity index (χ0) is 18.5.